The van der Waals surface area contributed by atoms with E-state index in [1.165, 1.54) is 0 Å². The molecule has 1 heteroatoms. The highest BCUT2D eigenvalue weighted by Gasteiger charge is 2.18. The van der Waals surface area contributed by atoms with Crippen LogP contribution in [-0.2, 0) is 0 Å². The maximum atomic E-state index is 9.55. The standard InChI is InChI=1S/C10H20O/c1-8(2)6-7-9(3)10(4,5)11/h6-9,11H,1-5H3/t9-/m0/s1. The summed E-state index contributed by atoms with van der Waals surface area (Å²) in [6.07, 6.45) is 4.20. The summed E-state index contributed by atoms with van der Waals surface area (Å²) in [6.45, 7) is 9.96. The highest BCUT2D eigenvalue weighted by molar-refractivity contribution is 4.94. The number of rotatable bonds is 3. The molecule has 0 aromatic heterocycles. The molecule has 0 radical (unpaired) electrons. The molecule has 0 aliphatic carbocycles. The molecule has 0 rings (SSSR count). The van der Waals surface area contributed by atoms with Gasteiger partial charge in [0, 0.05) is 5.92 Å². The zero-order valence-corrected chi connectivity index (χ0v) is 8.26. The van der Waals surface area contributed by atoms with Crippen molar-refractivity contribution in [3.05, 3.63) is 12.2 Å². The van der Waals surface area contributed by atoms with Crippen LogP contribution >= 0.6 is 0 Å². The molecule has 0 spiro atoms. The van der Waals surface area contributed by atoms with Crippen molar-refractivity contribution in [2.45, 2.75) is 40.2 Å². The van der Waals surface area contributed by atoms with E-state index in [1.54, 1.807) is 0 Å². The molecular formula is C10H20O. The molecule has 0 aromatic rings. The van der Waals surface area contributed by atoms with Gasteiger partial charge in [0.25, 0.3) is 0 Å². The van der Waals surface area contributed by atoms with Crippen LogP contribution in [0.3, 0.4) is 0 Å². The monoisotopic (exact) mass is 156 g/mol. The normalized spacial score (nSPS) is 16.3. The van der Waals surface area contributed by atoms with Crippen LogP contribution in [0.2, 0.25) is 0 Å². The Morgan fingerprint density at radius 3 is 1.82 bits per heavy atom. The van der Waals surface area contributed by atoms with Crippen molar-refractivity contribution in [3.8, 4) is 0 Å². The maximum absolute atomic E-state index is 9.55. The van der Waals surface area contributed by atoms with Gasteiger partial charge >= 0.3 is 0 Å². The van der Waals surface area contributed by atoms with E-state index < -0.39 is 5.60 Å². The van der Waals surface area contributed by atoms with Crippen molar-refractivity contribution in [2.24, 2.45) is 11.8 Å². The third-order valence-corrected chi connectivity index (χ3v) is 1.90. The van der Waals surface area contributed by atoms with Gasteiger partial charge in [-0.1, -0.05) is 32.9 Å². The van der Waals surface area contributed by atoms with Crippen molar-refractivity contribution in [1.29, 1.82) is 0 Å². The van der Waals surface area contributed by atoms with E-state index in [9.17, 15) is 5.11 Å². The van der Waals surface area contributed by atoms with Gasteiger partial charge in [0.1, 0.15) is 0 Å². The first-order valence-electron chi connectivity index (χ1n) is 4.24. The third-order valence-electron chi connectivity index (χ3n) is 1.90. The molecule has 0 amide bonds. The zero-order chi connectivity index (χ0) is 9.07. The van der Waals surface area contributed by atoms with Gasteiger partial charge in [-0.25, -0.2) is 0 Å². The van der Waals surface area contributed by atoms with E-state index in [0.29, 0.717) is 5.92 Å². The molecule has 0 saturated heterocycles. The molecule has 1 atom stereocenters. The SMILES string of the molecule is CC(C)C=C[C@H](C)C(C)(C)O. The fourth-order valence-electron chi connectivity index (χ4n) is 0.624. The molecule has 0 aromatic carbocycles. The summed E-state index contributed by atoms with van der Waals surface area (Å²) in [5.74, 6) is 0.796. The van der Waals surface area contributed by atoms with Gasteiger partial charge < -0.3 is 5.11 Å². The molecule has 66 valence electrons. The van der Waals surface area contributed by atoms with E-state index in [1.807, 2.05) is 20.8 Å². The second kappa shape index (κ2) is 3.91. The van der Waals surface area contributed by atoms with Crippen LogP contribution in [0.1, 0.15) is 34.6 Å². The number of allylic oxidation sites excluding steroid dienone is 1. The van der Waals surface area contributed by atoms with Gasteiger partial charge in [-0.3, -0.25) is 0 Å². The van der Waals surface area contributed by atoms with Gasteiger partial charge in [0.15, 0.2) is 0 Å². The molecule has 0 bridgehead atoms. The summed E-state index contributed by atoms with van der Waals surface area (Å²) in [7, 11) is 0. The second-order valence-corrected chi connectivity index (χ2v) is 4.07. The highest BCUT2D eigenvalue weighted by Crippen LogP contribution is 2.17. The summed E-state index contributed by atoms with van der Waals surface area (Å²) < 4.78 is 0. The Kier molecular flexibility index (Phi) is 3.81. The quantitative estimate of drug-likeness (QED) is 0.623. The lowest BCUT2D eigenvalue weighted by molar-refractivity contribution is 0.0439. The third kappa shape index (κ3) is 5.02. The van der Waals surface area contributed by atoms with E-state index in [4.69, 9.17) is 0 Å². The van der Waals surface area contributed by atoms with Crippen LogP contribution in [-0.4, -0.2) is 10.7 Å². The first kappa shape index (κ1) is 10.7. The predicted octanol–water partition coefficient (Wildman–Crippen LogP) is 2.61. The van der Waals surface area contributed by atoms with Crippen LogP contribution in [0, 0.1) is 11.8 Å². The Labute approximate surface area is 70.1 Å². The van der Waals surface area contributed by atoms with E-state index in [-0.39, 0.29) is 5.92 Å². The summed E-state index contributed by atoms with van der Waals surface area (Å²) in [5.41, 5.74) is -0.592. The molecule has 0 saturated carbocycles. The number of hydrogen-bond donors (Lipinski definition) is 1. The average Bonchev–Trinajstić information content (AvgIpc) is 1.80. The summed E-state index contributed by atoms with van der Waals surface area (Å²) in [6, 6.07) is 0. The predicted molar refractivity (Wildman–Crippen MR) is 49.4 cm³/mol. The van der Waals surface area contributed by atoms with E-state index in [2.05, 4.69) is 26.0 Å². The Balaban J connectivity index is 3.97. The summed E-state index contributed by atoms with van der Waals surface area (Å²) in [4.78, 5) is 0. The Hall–Kier alpha value is -0.300. The van der Waals surface area contributed by atoms with Crippen molar-refractivity contribution < 1.29 is 5.11 Å². The average molecular weight is 156 g/mol. The van der Waals surface area contributed by atoms with Crippen molar-refractivity contribution in [3.63, 3.8) is 0 Å². The molecule has 0 heterocycles. The minimum absolute atomic E-state index is 0.227. The van der Waals surface area contributed by atoms with Gasteiger partial charge in [-0.05, 0) is 19.8 Å². The Morgan fingerprint density at radius 1 is 1.09 bits per heavy atom. The first-order chi connectivity index (χ1) is 4.84. The van der Waals surface area contributed by atoms with Crippen LogP contribution < -0.4 is 0 Å². The smallest absolute Gasteiger partial charge is 0.0651 e. The highest BCUT2D eigenvalue weighted by atomic mass is 16.3. The molecule has 0 unspecified atom stereocenters. The molecule has 0 aliphatic rings. The number of hydrogen-bond acceptors (Lipinski definition) is 1. The molecule has 0 aliphatic heterocycles. The van der Waals surface area contributed by atoms with Crippen LogP contribution in [0.25, 0.3) is 0 Å². The van der Waals surface area contributed by atoms with Gasteiger partial charge in [-0.15, -0.1) is 0 Å². The topological polar surface area (TPSA) is 20.2 Å². The van der Waals surface area contributed by atoms with Crippen LogP contribution in [0.15, 0.2) is 12.2 Å². The minimum Gasteiger partial charge on any atom is -0.390 e. The lowest BCUT2D eigenvalue weighted by atomic mass is 9.92. The zero-order valence-electron chi connectivity index (χ0n) is 8.26. The summed E-state index contributed by atoms with van der Waals surface area (Å²) in [5, 5.41) is 9.55. The van der Waals surface area contributed by atoms with Gasteiger partial charge in [0.05, 0.1) is 5.60 Å². The van der Waals surface area contributed by atoms with Crippen LogP contribution in [0.4, 0.5) is 0 Å². The Morgan fingerprint density at radius 2 is 1.55 bits per heavy atom. The van der Waals surface area contributed by atoms with Crippen molar-refractivity contribution >= 4 is 0 Å². The van der Waals surface area contributed by atoms with E-state index >= 15 is 0 Å². The van der Waals surface area contributed by atoms with Crippen molar-refractivity contribution in [1.82, 2.24) is 0 Å². The molecule has 0 fully saturated rings. The summed E-state index contributed by atoms with van der Waals surface area (Å²) >= 11 is 0. The largest absolute Gasteiger partial charge is 0.390 e. The van der Waals surface area contributed by atoms with Crippen LogP contribution in [0.5, 0.6) is 0 Å². The maximum Gasteiger partial charge on any atom is 0.0651 e. The first-order valence-corrected chi connectivity index (χ1v) is 4.24. The minimum atomic E-state index is -0.592. The lowest BCUT2D eigenvalue weighted by Gasteiger charge is -2.22. The fourth-order valence-corrected chi connectivity index (χ4v) is 0.624. The Bertz CT molecular complexity index is 128. The lowest BCUT2D eigenvalue weighted by Crippen LogP contribution is -2.26. The molecule has 1 N–H and O–H groups in total. The fraction of sp³-hybridized carbons (Fsp3) is 0.800. The van der Waals surface area contributed by atoms with E-state index in [0.717, 1.165) is 0 Å². The van der Waals surface area contributed by atoms with Gasteiger partial charge in [-0.2, -0.15) is 0 Å². The molecular weight excluding hydrogens is 136 g/mol. The van der Waals surface area contributed by atoms with Gasteiger partial charge in [0.2, 0.25) is 0 Å². The molecule has 11 heavy (non-hydrogen) atoms. The van der Waals surface area contributed by atoms with Crippen molar-refractivity contribution in [2.75, 3.05) is 0 Å². The second-order valence-electron chi connectivity index (χ2n) is 4.07. The molecule has 1 nitrogen and oxygen atoms in total. The number of aliphatic hydroxyl groups is 1.